The van der Waals surface area contributed by atoms with Crippen LogP contribution < -0.4 is 10.6 Å². The normalized spacial score (nSPS) is 14.5. The Morgan fingerprint density at radius 3 is 2.31 bits per heavy atom. The van der Waals surface area contributed by atoms with Crippen molar-refractivity contribution in [3.8, 4) is 0 Å². The molecule has 3 aromatic rings. The Kier molecular flexibility index (Phi) is 8.80. The number of amides is 2. The molecule has 182 valence electrons. The fraction of sp³-hybridized carbons (Fsp3) is 0.286. The summed E-state index contributed by atoms with van der Waals surface area (Å²) in [5.74, 6) is -0.314. The molecule has 1 aliphatic rings. The average molecular weight is 510 g/mol. The Balaban J connectivity index is 1.28. The summed E-state index contributed by atoms with van der Waals surface area (Å²) in [6, 6.07) is 22.9. The molecule has 4 rings (SSSR count). The number of halogens is 2. The number of carbonyl (C=O) groups is 2. The Hall–Kier alpha value is -2.86. The topological polar surface area (TPSA) is 61.4 Å². The van der Waals surface area contributed by atoms with E-state index < -0.39 is 0 Å². The van der Waals surface area contributed by atoms with Crippen molar-refractivity contribution in [3.63, 3.8) is 0 Å². The zero-order valence-corrected chi connectivity index (χ0v) is 21.0. The Bertz CT molecular complexity index is 1160. The van der Waals surface area contributed by atoms with Gasteiger partial charge < -0.3 is 10.6 Å². The van der Waals surface area contributed by atoms with Crippen LogP contribution in [-0.4, -0.2) is 36.3 Å². The molecule has 7 heteroatoms. The van der Waals surface area contributed by atoms with E-state index in [1.807, 2.05) is 60.7 Å². The van der Waals surface area contributed by atoms with Crippen molar-refractivity contribution in [2.24, 2.45) is 5.92 Å². The lowest BCUT2D eigenvalue weighted by Gasteiger charge is -2.31. The maximum Gasteiger partial charge on any atom is 0.253 e. The third-order valence-corrected chi connectivity index (χ3v) is 7.06. The predicted octanol–water partition coefficient (Wildman–Crippen LogP) is 5.82. The van der Waals surface area contributed by atoms with E-state index in [0.29, 0.717) is 27.8 Å². The number of benzene rings is 3. The van der Waals surface area contributed by atoms with E-state index in [4.69, 9.17) is 23.2 Å². The first-order chi connectivity index (χ1) is 17.0. The number of para-hydroxylation sites is 1. The summed E-state index contributed by atoms with van der Waals surface area (Å²) in [5, 5.41) is 7.07. The lowest BCUT2D eigenvalue weighted by molar-refractivity contribution is -0.121. The predicted molar refractivity (Wildman–Crippen MR) is 142 cm³/mol. The quantitative estimate of drug-likeness (QED) is 0.402. The van der Waals surface area contributed by atoms with Crippen molar-refractivity contribution in [2.75, 3.05) is 25.0 Å². The monoisotopic (exact) mass is 509 g/mol. The molecule has 2 amide bonds. The van der Waals surface area contributed by atoms with Gasteiger partial charge in [0.15, 0.2) is 0 Å². The number of piperidine rings is 1. The highest BCUT2D eigenvalue weighted by molar-refractivity contribution is 6.42. The van der Waals surface area contributed by atoms with Crippen LogP contribution in [0, 0.1) is 5.92 Å². The van der Waals surface area contributed by atoms with Crippen LogP contribution in [0.25, 0.3) is 0 Å². The van der Waals surface area contributed by atoms with E-state index in [2.05, 4.69) is 15.5 Å². The van der Waals surface area contributed by atoms with E-state index in [1.54, 1.807) is 12.1 Å². The molecule has 0 radical (unpaired) electrons. The molecule has 0 unspecified atom stereocenters. The van der Waals surface area contributed by atoms with E-state index >= 15 is 0 Å². The molecule has 1 saturated heterocycles. The van der Waals surface area contributed by atoms with Gasteiger partial charge in [0, 0.05) is 19.0 Å². The van der Waals surface area contributed by atoms with Crippen LogP contribution in [0.2, 0.25) is 10.0 Å². The van der Waals surface area contributed by atoms with Gasteiger partial charge in [-0.3, -0.25) is 14.5 Å². The smallest absolute Gasteiger partial charge is 0.253 e. The second-order valence-corrected chi connectivity index (χ2v) is 9.64. The van der Waals surface area contributed by atoms with Crippen molar-refractivity contribution >= 4 is 40.7 Å². The molecule has 0 spiro atoms. The van der Waals surface area contributed by atoms with Crippen LogP contribution in [0.5, 0.6) is 0 Å². The number of nitrogens with zero attached hydrogens (tertiary/aromatic N) is 1. The summed E-state index contributed by atoms with van der Waals surface area (Å²) in [4.78, 5) is 28.1. The number of carbonyl (C=O) groups excluding carboxylic acids is 2. The molecule has 35 heavy (non-hydrogen) atoms. The molecule has 2 N–H and O–H groups in total. The van der Waals surface area contributed by atoms with Crippen LogP contribution in [0.4, 0.5) is 5.69 Å². The second-order valence-electron chi connectivity index (χ2n) is 8.83. The molecule has 1 aliphatic heterocycles. The SMILES string of the molecule is O=C(NCCc1ccccc1)c1ccccc1NC(=O)C1CCN(Cc2ccc(Cl)c(Cl)c2)CC1. The highest BCUT2D eigenvalue weighted by atomic mass is 35.5. The summed E-state index contributed by atoms with van der Waals surface area (Å²) in [6.07, 6.45) is 2.28. The summed E-state index contributed by atoms with van der Waals surface area (Å²) in [5.41, 5.74) is 3.30. The molecular formula is C28H29Cl2N3O2. The van der Waals surface area contributed by atoms with E-state index in [9.17, 15) is 9.59 Å². The Morgan fingerprint density at radius 1 is 0.857 bits per heavy atom. The van der Waals surface area contributed by atoms with Gasteiger partial charge in [0.25, 0.3) is 5.91 Å². The van der Waals surface area contributed by atoms with Crippen molar-refractivity contribution in [2.45, 2.75) is 25.8 Å². The van der Waals surface area contributed by atoms with Gasteiger partial charge in [0.2, 0.25) is 5.91 Å². The average Bonchev–Trinajstić information content (AvgIpc) is 2.87. The van der Waals surface area contributed by atoms with Gasteiger partial charge >= 0.3 is 0 Å². The molecule has 0 bridgehead atoms. The molecule has 5 nitrogen and oxygen atoms in total. The third-order valence-electron chi connectivity index (χ3n) is 6.32. The van der Waals surface area contributed by atoms with Crippen LogP contribution in [-0.2, 0) is 17.8 Å². The van der Waals surface area contributed by atoms with Gasteiger partial charge in [0.1, 0.15) is 0 Å². The molecule has 3 aromatic carbocycles. The fourth-order valence-corrected chi connectivity index (χ4v) is 4.66. The lowest BCUT2D eigenvalue weighted by Crippen LogP contribution is -2.38. The van der Waals surface area contributed by atoms with Crippen LogP contribution in [0.1, 0.15) is 34.3 Å². The van der Waals surface area contributed by atoms with Crippen LogP contribution in [0.3, 0.4) is 0 Å². The lowest BCUT2D eigenvalue weighted by atomic mass is 9.95. The zero-order chi connectivity index (χ0) is 24.6. The molecule has 1 fully saturated rings. The highest BCUT2D eigenvalue weighted by Crippen LogP contribution is 2.26. The van der Waals surface area contributed by atoms with E-state index in [0.717, 1.165) is 44.5 Å². The maximum absolute atomic E-state index is 13.0. The molecule has 1 heterocycles. The summed E-state index contributed by atoms with van der Waals surface area (Å²) < 4.78 is 0. The van der Waals surface area contributed by atoms with Crippen molar-refractivity contribution in [1.82, 2.24) is 10.2 Å². The highest BCUT2D eigenvalue weighted by Gasteiger charge is 2.26. The molecular weight excluding hydrogens is 481 g/mol. The largest absolute Gasteiger partial charge is 0.352 e. The molecule has 0 atom stereocenters. The van der Waals surface area contributed by atoms with Crippen molar-refractivity contribution in [3.05, 3.63) is 99.5 Å². The summed E-state index contributed by atoms with van der Waals surface area (Å²) in [7, 11) is 0. The zero-order valence-electron chi connectivity index (χ0n) is 19.5. The third kappa shape index (κ3) is 7.07. The molecule has 0 aromatic heterocycles. The number of nitrogens with one attached hydrogen (secondary N) is 2. The van der Waals surface area contributed by atoms with Crippen molar-refractivity contribution < 1.29 is 9.59 Å². The van der Waals surface area contributed by atoms with E-state index in [1.165, 1.54) is 5.56 Å². The fourth-order valence-electron chi connectivity index (χ4n) is 4.33. The van der Waals surface area contributed by atoms with Crippen LogP contribution >= 0.6 is 23.2 Å². The molecule has 0 saturated carbocycles. The van der Waals surface area contributed by atoms with E-state index in [-0.39, 0.29) is 17.7 Å². The minimum absolute atomic E-state index is 0.0382. The first kappa shape index (κ1) is 25.2. The first-order valence-corrected chi connectivity index (χ1v) is 12.6. The number of likely N-dealkylation sites (tertiary alicyclic amines) is 1. The maximum atomic E-state index is 13.0. The second kappa shape index (κ2) is 12.2. The Morgan fingerprint density at radius 2 is 1.57 bits per heavy atom. The molecule has 0 aliphatic carbocycles. The van der Waals surface area contributed by atoms with Gasteiger partial charge in [-0.05, 0) is 67.7 Å². The summed E-state index contributed by atoms with van der Waals surface area (Å²) >= 11 is 12.1. The van der Waals surface area contributed by atoms with Crippen LogP contribution in [0.15, 0.2) is 72.8 Å². The number of hydrogen-bond acceptors (Lipinski definition) is 3. The minimum atomic E-state index is -0.187. The standard InChI is InChI=1S/C28H29Cl2N3O2/c29-24-11-10-21(18-25(24)30)19-33-16-13-22(14-17-33)27(34)32-26-9-5-4-8-23(26)28(35)31-15-12-20-6-2-1-3-7-20/h1-11,18,22H,12-17,19H2,(H,31,35)(H,32,34). The minimum Gasteiger partial charge on any atom is -0.352 e. The first-order valence-electron chi connectivity index (χ1n) is 11.9. The number of rotatable bonds is 8. The Labute approximate surface area is 216 Å². The van der Waals surface area contributed by atoms with Gasteiger partial charge in [-0.25, -0.2) is 0 Å². The van der Waals surface area contributed by atoms with Gasteiger partial charge in [-0.15, -0.1) is 0 Å². The summed E-state index contributed by atoms with van der Waals surface area (Å²) in [6.45, 7) is 2.94. The van der Waals surface area contributed by atoms with Gasteiger partial charge in [-0.1, -0.05) is 71.7 Å². The number of anilines is 1. The number of hydrogen-bond donors (Lipinski definition) is 2. The van der Waals surface area contributed by atoms with Gasteiger partial charge in [0.05, 0.1) is 21.3 Å². The van der Waals surface area contributed by atoms with Crippen molar-refractivity contribution in [1.29, 1.82) is 0 Å². The van der Waals surface area contributed by atoms with Gasteiger partial charge in [-0.2, -0.15) is 0 Å².